The Bertz CT molecular complexity index is 1230. The summed E-state index contributed by atoms with van der Waals surface area (Å²) in [4.78, 5) is 75.8. The predicted octanol–water partition coefficient (Wildman–Crippen LogP) is 5.96. The maximum Gasteiger partial charge on any atom is 0.245 e. The molecule has 7 N–H and O–H groups in total. The molecule has 0 rings (SSSR count). The zero-order valence-corrected chi connectivity index (χ0v) is 53.5. The van der Waals surface area contributed by atoms with Crippen molar-refractivity contribution in [2.45, 2.75) is 188 Å². The Labute approximate surface area is 498 Å². The first-order valence-corrected chi connectivity index (χ1v) is 30.6. The van der Waals surface area contributed by atoms with Crippen molar-refractivity contribution in [2.24, 2.45) is 0 Å². The van der Waals surface area contributed by atoms with E-state index in [0.717, 1.165) is 97.5 Å². The van der Waals surface area contributed by atoms with Gasteiger partial charge in [0.25, 0.3) is 0 Å². The first-order valence-electron chi connectivity index (χ1n) is 30.6. The fourth-order valence-electron chi connectivity index (χ4n) is 6.70. The molecule has 0 aliphatic heterocycles. The number of rotatable bonds is 58. The van der Waals surface area contributed by atoms with Crippen LogP contribution in [0.3, 0.4) is 0 Å². The molecule has 0 spiro atoms. The van der Waals surface area contributed by atoms with E-state index < -0.39 is 6.04 Å². The van der Waals surface area contributed by atoms with Gasteiger partial charge in [0.1, 0.15) is 37.5 Å². The average molecular weight is 1190 g/mol. The van der Waals surface area contributed by atoms with Crippen LogP contribution in [0.5, 0.6) is 0 Å². The van der Waals surface area contributed by atoms with E-state index in [1.165, 1.54) is 64.2 Å². The number of carbonyl (C=O) groups excluding carboxylic acids is 7. The topological polar surface area (TPSA) is 294 Å². The molecular formula is C60H125N5O17. The van der Waals surface area contributed by atoms with Crippen LogP contribution in [0.15, 0.2) is 0 Å². The predicted molar refractivity (Wildman–Crippen MR) is 328 cm³/mol. The van der Waals surface area contributed by atoms with Crippen molar-refractivity contribution in [3.8, 4) is 0 Å². The Morgan fingerprint density at radius 1 is 0.402 bits per heavy atom. The molecule has 0 bridgehead atoms. The zero-order valence-electron chi connectivity index (χ0n) is 53.5. The lowest BCUT2D eigenvalue weighted by molar-refractivity contribution is -0.126. The number of unbranched alkanes of at least 4 members (excludes halogenated alkanes) is 15. The van der Waals surface area contributed by atoms with Gasteiger partial charge in [-0.25, -0.2) is 0 Å². The van der Waals surface area contributed by atoms with Gasteiger partial charge in [-0.2, -0.15) is 0 Å². The Balaban J connectivity index is -0.000000194. The SMILES string of the molecule is CC.CC.CNCCOCCOCC(=O)NCCCCC(NC)C(C)=O.CNCCOCCOCCOCCOCCOCCOCCC=O.CO.CO.O=CCCCCCCCCCCCCCCCCC(=O)NC(C=O)CCC=O. The van der Waals surface area contributed by atoms with Crippen molar-refractivity contribution in [3.63, 3.8) is 0 Å². The molecule has 22 heteroatoms. The summed E-state index contributed by atoms with van der Waals surface area (Å²) in [5.41, 5.74) is 0. The minimum atomic E-state index is -0.528. The molecule has 2 atom stereocenters. The molecule has 0 fully saturated rings. The second-order valence-electron chi connectivity index (χ2n) is 17.5. The van der Waals surface area contributed by atoms with E-state index >= 15 is 0 Å². The Morgan fingerprint density at radius 3 is 1.13 bits per heavy atom. The van der Waals surface area contributed by atoms with Crippen LogP contribution < -0.4 is 26.6 Å². The molecule has 492 valence electrons. The van der Waals surface area contributed by atoms with Crippen LogP contribution in [0.2, 0.25) is 0 Å². The molecular weight excluding hydrogens is 1060 g/mol. The highest BCUT2D eigenvalue weighted by Crippen LogP contribution is 2.14. The van der Waals surface area contributed by atoms with Gasteiger partial charge >= 0.3 is 0 Å². The van der Waals surface area contributed by atoms with Gasteiger partial charge in [-0.1, -0.05) is 105 Å². The molecule has 0 heterocycles. The van der Waals surface area contributed by atoms with Crippen molar-refractivity contribution in [2.75, 3.05) is 161 Å². The maximum atomic E-state index is 11.8. The second kappa shape index (κ2) is 94.2. The number of nitrogens with one attached hydrogen (secondary N) is 5. The second-order valence-corrected chi connectivity index (χ2v) is 17.5. The molecule has 0 aromatic heterocycles. The monoisotopic (exact) mass is 1190 g/mol. The summed E-state index contributed by atoms with van der Waals surface area (Å²) in [5.74, 6) is -0.0597. The Hall–Kier alpha value is -3.23. The highest BCUT2D eigenvalue weighted by Gasteiger charge is 2.12. The molecule has 2 amide bonds. The van der Waals surface area contributed by atoms with E-state index in [1.54, 1.807) is 14.0 Å². The highest BCUT2D eigenvalue weighted by atomic mass is 16.6. The van der Waals surface area contributed by atoms with Crippen molar-refractivity contribution in [1.29, 1.82) is 0 Å². The zero-order chi connectivity index (χ0) is 62.9. The molecule has 0 saturated heterocycles. The van der Waals surface area contributed by atoms with E-state index in [1.807, 2.05) is 41.8 Å². The van der Waals surface area contributed by atoms with E-state index in [9.17, 15) is 33.6 Å². The van der Waals surface area contributed by atoms with Gasteiger partial charge in [-0.3, -0.25) is 14.4 Å². The molecule has 0 aliphatic rings. The standard InChI is InChI=1S/C23H41NO4.C16H33NO7.C15H31N3O4.2C2H6.2CH4O/c25-19-15-13-11-9-7-5-3-1-2-4-6-8-10-12-14-18-23(28)24-22(21-27)17-16-20-26;1-17-3-6-20-8-10-22-12-14-24-16-15-23-13-11-21-9-7-19-5-2-4-18;1-13(19)14(17-3)6-4-5-7-18-15(20)12-22-11-10-21-9-8-16-2;4*1-2/h19-22H,1-18H2,(H,24,28);4,17H,2-3,5-16H2,1H3;14,16-17H,4-12H2,1-3H3,(H,18,20);2*1-2H3;2*2H,1H3. The van der Waals surface area contributed by atoms with Crippen molar-refractivity contribution in [1.82, 2.24) is 26.6 Å². The Morgan fingerprint density at radius 2 is 0.768 bits per heavy atom. The normalized spacial score (nSPS) is 10.8. The number of hydrogen-bond donors (Lipinski definition) is 7. The van der Waals surface area contributed by atoms with Crippen LogP contribution in [0, 0.1) is 0 Å². The average Bonchev–Trinajstić information content (AvgIpc) is 3.50. The largest absolute Gasteiger partial charge is 0.400 e. The molecule has 0 aromatic carbocycles. The summed E-state index contributed by atoms with van der Waals surface area (Å²) in [6, 6.07) is -0.609. The number of aliphatic hydroxyl groups excluding tert-OH is 2. The minimum absolute atomic E-state index is 0.0575. The molecule has 0 radical (unpaired) electrons. The van der Waals surface area contributed by atoms with Crippen LogP contribution in [-0.2, 0) is 71.5 Å². The number of amides is 2. The minimum Gasteiger partial charge on any atom is -0.400 e. The summed E-state index contributed by atoms with van der Waals surface area (Å²) < 4.78 is 42.3. The third-order valence-electron chi connectivity index (χ3n) is 11.0. The van der Waals surface area contributed by atoms with E-state index in [0.29, 0.717) is 138 Å². The summed E-state index contributed by atoms with van der Waals surface area (Å²) in [5, 5.41) is 28.4. The van der Waals surface area contributed by atoms with E-state index in [4.69, 9.17) is 48.1 Å². The number of carbonyl (C=O) groups is 7. The summed E-state index contributed by atoms with van der Waals surface area (Å²) in [7, 11) is 7.54. The summed E-state index contributed by atoms with van der Waals surface area (Å²) in [6.07, 6.45) is 25.2. The molecule has 22 nitrogen and oxygen atoms in total. The quantitative estimate of drug-likeness (QED) is 0.0273. The number of ether oxygens (including phenoxy) is 8. The maximum absolute atomic E-state index is 11.8. The highest BCUT2D eigenvalue weighted by molar-refractivity contribution is 5.81. The van der Waals surface area contributed by atoms with Gasteiger partial charge in [-0.15, -0.1) is 0 Å². The van der Waals surface area contributed by atoms with E-state index in [2.05, 4.69) is 26.6 Å². The van der Waals surface area contributed by atoms with Gasteiger partial charge in [0.2, 0.25) is 11.8 Å². The smallest absolute Gasteiger partial charge is 0.245 e. The van der Waals surface area contributed by atoms with Crippen LogP contribution in [0.1, 0.15) is 176 Å². The number of likely N-dealkylation sites (N-methyl/N-ethyl adjacent to an activating group) is 3. The number of hydrogen-bond acceptors (Lipinski definition) is 20. The van der Waals surface area contributed by atoms with Crippen LogP contribution in [0.25, 0.3) is 0 Å². The van der Waals surface area contributed by atoms with E-state index in [-0.39, 0.29) is 30.2 Å². The van der Waals surface area contributed by atoms with Gasteiger partial charge in [-0.05, 0) is 66.6 Å². The Kier molecular flexibility index (Phi) is 106. The number of ketones is 1. The molecule has 82 heavy (non-hydrogen) atoms. The molecule has 0 aromatic rings. The fourth-order valence-corrected chi connectivity index (χ4v) is 6.70. The third kappa shape index (κ3) is 93.2. The van der Waals surface area contributed by atoms with Gasteiger partial charge in [0.05, 0.1) is 111 Å². The lowest BCUT2D eigenvalue weighted by Crippen LogP contribution is -2.35. The lowest BCUT2D eigenvalue weighted by atomic mass is 10.0. The summed E-state index contributed by atoms with van der Waals surface area (Å²) in [6.45, 7) is 20.0. The molecule has 0 aliphatic carbocycles. The fraction of sp³-hybridized carbons (Fsp3) is 0.883. The van der Waals surface area contributed by atoms with Crippen LogP contribution in [-0.4, -0.2) is 226 Å². The molecule has 2 unspecified atom stereocenters. The number of Topliss-reactive ketones (excluding diaryl/α,β-unsaturated/α-hetero) is 1. The van der Waals surface area contributed by atoms with Gasteiger partial charge < -0.3 is 93.9 Å². The first kappa shape index (κ1) is 92.5. The van der Waals surface area contributed by atoms with Crippen LogP contribution in [0.4, 0.5) is 0 Å². The van der Waals surface area contributed by atoms with Crippen molar-refractivity contribution >= 4 is 42.7 Å². The number of aldehydes is 4. The number of aliphatic hydroxyl groups is 2. The lowest BCUT2D eigenvalue weighted by Gasteiger charge is -2.12. The molecule has 0 saturated carbocycles. The summed E-state index contributed by atoms with van der Waals surface area (Å²) >= 11 is 0. The van der Waals surface area contributed by atoms with Gasteiger partial charge in [0.15, 0.2) is 0 Å². The van der Waals surface area contributed by atoms with Crippen molar-refractivity contribution in [3.05, 3.63) is 0 Å². The van der Waals surface area contributed by atoms with Gasteiger partial charge in [0, 0.05) is 59.5 Å². The third-order valence-corrected chi connectivity index (χ3v) is 11.0. The first-order chi connectivity index (χ1) is 40.3. The van der Waals surface area contributed by atoms with Crippen LogP contribution >= 0.6 is 0 Å². The van der Waals surface area contributed by atoms with Crippen molar-refractivity contribution < 1.29 is 81.7 Å².